The lowest BCUT2D eigenvalue weighted by Crippen LogP contribution is -2.20. The second-order valence-corrected chi connectivity index (χ2v) is 7.33. The molecule has 0 saturated carbocycles. The molecule has 1 heterocycles. The first-order valence-corrected chi connectivity index (χ1v) is 10.1. The molecule has 150 valence electrons. The lowest BCUT2D eigenvalue weighted by molar-refractivity contribution is 0.0282. The van der Waals surface area contributed by atoms with Gasteiger partial charge in [0.05, 0.1) is 5.56 Å². The Morgan fingerprint density at radius 3 is 2.19 bits per heavy atom. The van der Waals surface area contributed by atoms with Crippen LogP contribution in [0.5, 0.6) is 0 Å². The molecule has 4 nitrogen and oxygen atoms in total. The number of esters is 1. The van der Waals surface area contributed by atoms with E-state index in [1.807, 2.05) is 78.9 Å². The number of para-hydroxylation sites is 1. The van der Waals surface area contributed by atoms with Gasteiger partial charge >= 0.3 is 5.97 Å². The van der Waals surface area contributed by atoms with E-state index in [-0.39, 0.29) is 5.78 Å². The summed E-state index contributed by atoms with van der Waals surface area (Å²) in [6, 6.07) is 29.8. The number of benzene rings is 4. The number of aromatic nitrogens is 1. The van der Waals surface area contributed by atoms with Crippen LogP contribution in [0.1, 0.15) is 32.4 Å². The maximum absolute atomic E-state index is 13.6. The van der Waals surface area contributed by atoms with Gasteiger partial charge in [-0.15, -0.1) is 0 Å². The van der Waals surface area contributed by atoms with Crippen molar-refractivity contribution in [2.45, 2.75) is 6.10 Å². The molecule has 0 aliphatic heterocycles. The lowest BCUT2D eigenvalue weighted by Gasteiger charge is -2.18. The largest absolute Gasteiger partial charge is 0.445 e. The van der Waals surface area contributed by atoms with E-state index >= 15 is 0 Å². The summed E-state index contributed by atoms with van der Waals surface area (Å²) in [6.07, 6.45) is 0.626. The number of Topliss-reactive ketones (excluding diaryl/α,β-unsaturated/α-hetero) is 1. The molecular formula is C27H19NO3. The fourth-order valence-electron chi connectivity index (χ4n) is 3.89. The Bertz CT molecular complexity index is 1400. The summed E-state index contributed by atoms with van der Waals surface area (Å²) >= 11 is 0. The van der Waals surface area contributed by atoms with E-state index in [9.17, 15) is 9.59 Å². The fraction of sp³-hybridized carbons (Fsp3) is 0.0370. The molecule has 0 saturated heterocycles. The van der Waals surface area contributed by atoms with Crippen LogP contribution in [0, 0.1) is 0 Å². The average Bonchev–Trinajstić information content (AvgIpc) is 3.26. The molecule has 31 heavy (non-hydrogen) atoms. The van der Waals surface area contributed by atoms with Crippen LogP contribution >= 0.6 is 0 Å². The van der Waals surface area contributed by atoms with Gasteiger partial charge in [-0.25, -0.2) is 4.79 Å². The number of H-pyrrole nitrogens is 1. The number of carbonyl (C=O) groups excluding carboxylic acids is 2. The number of hydrogen-bond donors (Lipinski definition) is 1. The van der Waals surface area contributed by atoms with Gasteiger partial charge in [0.1, 0.15) is 0 Å². The summed E-state index contributed by atoms with van der Waals surface area (Å²) in [5.74, 6) is -0.795. The van der Waals surface area contributed by atoms with Crippen molar-refractivity contribution in [1.29, 1.82) is 0 Å². The van der Waals surface area contributed by atoms with Crippen molar-refractivity contribution in [2.24, 2.45) is 0 Å². The molecule has 0 amide bonds. The van der Waals surface area contributed by atoms with Crippen LogP contribution in [-0.4, -0.2) is 16.7 Å². The number of fused-ring (bicyclic) bond motifs is 2. The molecule has 0 aliphatic carbocycles. The predicted octanol–water partition coefficient (Wildman–Crippen LogP) is 6.10. The molecule has 4 aromatic carbocycles. The van der Waals surface area contributed by atoms with Crippen molar-refractivity contribution in [1.82, 2.24) is 4.98 Å². The van der Waals surface area contributed by atoms with Crippen molar-refractivity contribution in [3.63, 3.8) is 0 Å². The van der Waals surface area contributed by atoms with E-state index in [1.165, 1.54) is 0 Å². The van der Waals surface area contributed by atoms with Gasteiger partial charge in [0.15, 0.2) is 6.10 Å². The highest BCUT2D eigenvalue weighted by molar-refractivity contribution is 6.12. The zero-order valence-corrected chi connectivity index (χ0v) is 16.6. The Hall–Kier alpha value is -4.18. The van der Waals surface area contributed by atoms with Gasteiger partial charge in [0, 0.05) is 28.2 Å². The Morgan fingerprint density at radius 1 is 0.677 bits per heavy atom. The smallest absolute Gasteiger partial charge is 0.339 e. The molecule has 0 bridgehead atoms. The second-order valence-electron chi connectivity index (χ2n) is 7.33. The van der Waals surface area contributed by atoms with E-state index < -0.39 is 12.1 Å². The van der Waals surface area contributed by atoms with Gasteiger partial charge < -0.3 is 9.72 Å². The van der Waals surface area contributed by atoms with Crippen molar-refractivity contribution in [3.05, 3.63) is 120 Å². The summed E-state index contributed by atoms with van der Waals surface area (Å²) in [7, 11) is 0. The fourth-order valence-corrected chi connectivity index (χ4v) is 3.89. The molecule has 5 aromatic rings. The molecule has 1 aromatic heterocycles. The average molecular weight is 405 g/mol. The minimum Gasteiger partial charge on any atom is -0.445 e. The highest BCUT2D eigenvalue weighted by atomic mass is 16.5. The molecule has 0 aliphatic rings. The normalized spacial score (nSPS) is 12.0. The first-order valence-electron chi connectivity index (χ1n) is 10.1. The standard InChI is InChI=1S/C27H19NO3/c29-25(23-17-28-24-16-7-6-14-21(23)24)26(19-10-2-1-3-11-19)31-27(30)22-15-8-12-18-9-4-5-13-20(18)22/h1-17,26,28H/t26-/m1/s1. The first-order chi connectivity index (χ1) is 15.2. The zero-order chi connectivity index (χ0) is 21.2. The number of nitrogens with one attached hydrogen (secondary N) is 1. The van der Waals surface area contributed by atoms with Crippen LogP contribution < -0.4 is 0 Å². The topological polar surface area (TPSA) is 59.2 Å². The van der Waals surface area contributed by atoms with Gasteiger partial charge in [-0.05, 0) is 22.9 Å². The number of rotatable bonds is 5. The third-order valence-corrected chi connectivity index (χ3v) is 5.43. The Kier molecular flexibility index (Phi) is 4.81. The summed E-state index contributed by atoms with van der Waals surface area (Å²) in [5, 5.41) is 2.53. The van der Waals surface area contributed by atoms with Crippen molar-refractivity contribution in [2.75, 3.05) is 0 Å². The van der Waals surface area contributed by atoms with E-state index in [4.69, 9.17) is 4.74 Å². The molecule has 4 heteroatoms. The van der Waals surface area contributed by atoms with Crippen LogP contribution in [0.25, 0.3) is 21.7 Å². The number of carbonyl (C=O) groups is 2. The second kappa shape index (κ2) is 7.92. The third-order valence-electron chi connectivity index (χ3n) is 5.43. The quantitative estimate of drug-likeness (QED) is 0.284. The Balaban J connectivity index is 1.56. The lowest BCUT2D eigenvalue weighted by atomic mass is 9.99. The highest BCUT2D eigenvalue weighted by Gasteiger charge is 2.29. The maximum atomic E-state index is 13.6. The summed E-state index contributed by atoms with van der Waals surface area (Å²) < 4.78 is 5.86. The van der Waals surface area contributed by atoms with Crippen LogP contribution in [-0.2, 0) is 4.74 Å². The van der Waals surface area contributed by atoms with Crippen molar-refractivity contribution < 1.29 is 14.3 Å². The van der Waals surface area contributed by atoms with E-state index in [2.05, 4.69) is 4.98 Å². The van der Waals surface area contributed by atoms with Crippen molar-refractivity contribution in [3.8, 4) is 0 Å². The molecule has 1 N–H and O–H groups in total. The predicted molar refractivity (Wildman–Crippen MR) is 121 cm³/mol. The van der Waals surface area contributed by atoms with Crippen LogP contribution in [0.15, 0.2) is 103 Å². The molecule has 0 spiro atoms. The number of aromatic amines is 1. The third kappa shape index (κ3) is 3.49. The number of hydrogen-bond acceptors (Lipinski definition) is 3. The van der Waals surface area contributed by atoms with Crippen LogP contribution in [0.2, 0.25) is 0 Å². The van der Waals surface area contributed by atoms with Crippen molar-refractivity contribution >= 4 is 33.4 Å². The number of ether oxygens (including phenoxy) is 1. The molecule has 5 rings (SSSR count). The SMILES string of the molecule is O=C(O[C@@H](C(=O)c1c[nH]c2ccccc12)c1ccccc1)c1cccc2ccccc12. The maximum Gasteiger partial charge on any atom is 0.339 e. The van der Waals surface area contributed by atoms with Gasteiger partial charge in [-0.3, -0.25) is 4.79 Å². The zero-order valence-electron chi connectivity index (χ0n) is 16.6. The molecular weight excluding hydrogens is 386 g/mol. The molecule has 1 atom stereocenters. The van der Waals surface area contributed by atoms with Crippen LogP contribution in [0.3, 0.4) is 0 Å². The minimum absolute atomic E-state index is 0.266. The summed E-state index contributed by atoms with van der Waals surface area (Å²) in [6.45, 7) is 0. The molecule has 0 fully saturated rings. The molecule has 0 unspecified atom stereocenters. The van der Waals surface area contributed by atoms with Crippen LogP contribution in [0.4, 0.5) is 0 Å². The molecule has 0 radical (unpaired) electrons. The van der Waals surface area contributed by atoms with E-state index in [1.54, 1.807) is 24.4 Å². The highest BCUT2D eigenvalue weighted by Crippen LogP contribution is 2.29. The van der Waals surface area contributed by atoms with Gasteiger partial charge in [-0.1, -0.05) is 84.9 Å². The van der Waals surface area contributed by atoms with E-state index in [0.717, 1.165) is 21.7 Å². The summed E-state index contributed by atoms with van der Waals surface area (Å²) in [4.78, 5) is 29.9. The van der Waals surface area contributed by atoms with Gasteiger partial charge in [-0.2, -0.15) is 0 Å². The Morgan fingerprint density at radius 2 is 1.35 bits per heavy atom. The Labute approximate surface area is 179 Å². The first kappa shape index (κ1) is 18.8. The summed E-state index contributed by atoms with van der Waals surface area (Å²) in [5.41, 5.74) is 2.42. The number of ketones is 1. The van der Waals surface area contributed by atoms with Gasteiger partial charge in [0.2, 0.25) is 5.78 Å². The van der Waals surface area contributed by atoms with E-state index in [0.29, 0.717) is 16.7 Å². The minimum atomic E-state index is -1.05. The monoisotopic (exact) mass is 405 g/mol. The van der Waals surface area contributed by atoms with Gasteiger partial charge in [0.25, 0.3) is 0 Å².